The quantitative estimate of drug-likeness (QED) is 0.0654. The van der Waals surface area contributed by atoms with Crippen molar-refractivity contribution in [2.75, 3.05) is 90.0 Å². The predicted molar refractivity (Wildman–Crippen MR) is 209 cm³/mol. The fraction of sp³-hybridized carbons (Fsp3) is 0.703. The lowest BCUT2D eigenvalue weighted by atomic mass is 10.0. The van der Waals surface area contributed by atoms with E-state index in [0.29, 0.717) is 82.4 Å². The van der Waals surface area contributed by atoms with Gasteiger partial charge in [0.25, 0.3) is 0 Å². The number of aliphatic hydroxyl groups is 2. The smallest absolute Gasteiger partial charge is 0.317 e. The molecule has 4 unspecified atom stereocenters. The summed E-state index contributed by atoms with van der Waals surface area (Å²) in [5.41, 5.74) is 1.52. The summed E-state index contributed by atoms with van der Waals surface area (Å²) < 4.78 is 0. The van der Waals surface area contributed by atoms with Crippen molar-refractivity contribution in [3.8, 4) is 0 Å². The number of carboxylic acid groups (broad SMARTS) is 2. The number of urea groups is 1. The van der Waals surface area contributed by atoms with Crippen molar-refractivity contribution in [3.63, 3.8) is 0 Å². The van der Waals surface area contributed by atoms with E-state index in [1.54, 1.807) is 26.8 Å². The van der Waals surface area contributed by atoms with Crippen LogP contribution in [0.4, 0.5) is 10.5 Å². The third-order valence-corrected chi connectivity index (χ3v) is 12.0. The first-order chi connectivity index (χ1) is 26.5. The molecule has 1 aromatic carbocycles. The van der Waals surface area contributed by atoms with Crippen molar-refractivity contribution in [2.24, 2.45) is 0 Å². The standard InChI is InChI=1S/C37H60N8O9S/c46-25-42-14-15-43(26-47)18-19-45(23-35(52)53)29(21-44(17-16-42)22-34(50)51)20-27-9-11-28(12-10-27)39-33(49)8-2-1-5-13-38-32(48)7-4-3-6-31-36-30(24-55-31)40-37(54)41-36/h9-12,29-31,36,46-47H,1-8,13-26H2,(H,38,48)(H,39,49)(H,50,51)(H,52,53)(H2,40,41,54). The van der Waals surface area contributed by atoms with Crippen LogP contribution in [0.2, 0.25) is 0 Å². The molecule has 308 valence electrons. The zero-order valence-electron chi connectivity index (χ0n) is 31.7. The summed E-state index contributed by atoms with van der Waals surface area (Å²) in [6, 6.07) is 7.30. The number of amides is 4. The van der Waals surface area contributed by atoms with E-state index in [-0.39, 0.29) is 69.1 Å². The topological polar surface area (TPSA) is 227 Å². The Bertz CT molecular complexity index is 1390. The van der Waals surface area contributed by atoms with Gasteiger partial charge in [-0.1, -0.05) is 25.0 Å². The highest BCUT2D eigenvalue weighted by Crippen LogP contribution is 2.33. The van der Waals surface area contributed by atoms with Crippen LogP contribution in [-0.4, -0.2) is 178 Å². The average molecular weight is 793 g/mol. The Morgan fingerprint density at radius 3 is 2.07 bits per heavy atom. The lowest BCUT2D eigenvalue weighted by Crippen LogP contribution is -2.53. The van der Waals surface area contributed by atoms with E-state index in [2.05, 4.69) is 21.3 Å². The van der Waals surface area contributed by atoms with E-state index in [4.69, 9.17) is 0 Å². The molecule has 17 nitrogen and oxygen atoms in total. The van der Waals surface area contributed by atoms with Crippen LogP contribution in [0.15, 0.2) is 24.3 Å². The van der Waals surface area contributed by atoms with Gasteiger partial charge in [0, 0.05) is 87.9 Å². The number of anilines is 1. The second-order valence-corrected chi connectivity index (χ2v) is 15.9. The second kappa shape index (κ2) is 23.5. The normalized spacial score (nSPS) is 23.2. The minimum Gasteiger partial charge on any atom is -0.480 e. The SMILES string of the molecule is O=C(O)CN1CCN(CO)CCN(CO)CCN(CC(=O)O)C(Cc2ccc(NC(=O)CCCCCNC(=O)CCCCC3SCC4NC(=O)NC43)cc2)C1. The van der Waals surface area contributed by atoms with Gasteiger partial charge in [-0.3, -0.25) is 38.8 Å². The fourth-order valence-corrected chi connectivity index (χ4v) is 8.88. The summed E-state index contributed by atoms with van der Waals surface area (Å²) in [4.78, 5) is 67.3. The van der Waals surface area contributed by atoms with E-state index in [1.807, 2.05) is 28.8 Å². The highest BCUT2D eigenvalue weighted by atomic mass is 32.2. The van der Waals surface area contributed by atoms with Crippen molar-refractivity contribution < 1.29 is 44.4 Å². The van der Waals surface area contributed by atoms with Gasteiger partial charge in [-0.25, -0.2) is 4.79 Å². The maximum Gasteiger partial charge on any atom is 0.317 e. The van der Waals surface area contributed by atoms with Crippen LogP contribution in [-0.2, 0) is 25.6 Å². The molecular formula is C37H60N8O9S. The summed E-state index contributed by atoms with van der Waals surface area (Å²) in [6.45, 7) is 2.35. The number of unbranched alkanes of at least 4 members (excludes halogenated alkanes) is 3. The Labute approximate surface area is 327 Å². The lowest BCUT2D eigenvalue weighted by Gasteiger charge is -2.37. The maximum atomic E-state index is 12.7. The largest absolute Gasteiger partial charge is 0.480 e. The molecule has 3 aliphatic rings. The van der Waals surface area contributed by atoms with E-state index in [1.165, 1.54) is 0 Å². The molecular weight excluding hydrogens is 733 g/mol. The number of carboxylic acids is 2. The van der Waals surface area contributed by atoms with Crippen molar-refractivity contribution >= 4 is 47.2 Å². The van der Waals surface area contributed by atoms with Gasteiger partial charge in [0.05, 0.1) is 38.6 Å². The Morgan fingerprint density at radius 2 is 1.40 bits per heavy atom. The number of nitrogens with one attached hydrogen (secondary N) is 4. The molecule has 0 saturated carbocycles. The van der Waals surface area contributed by atoms with Crippen LogP contribution < -0.4 is 21.3 Å². The molecule has 0 spiro atoms. The van der Waals surface area contributed by atoms with Crippen LogP contribution in [0.3, 0.4) is 0 Å². The summed E-state index contributed by atoms with van der Waals surface area (Å²) in [6.07, 6.45) is 6.26. The minimum atomic E-state index is -1.01. The van der Waals surface area contributed by atoms with Gasteiger partial charge in [-0.15, -0.1) is 0 Å². The number of hydrogen-bond acceptors (Lipinski definition) is 12. The van der Waals surface area contributed by atoms with Crippen LogP contribution in [0.5, 0.6) is 0 Å². The second-order valence-electron chi connectivity index (χ2n) is 14.6. The van der Waals surface area contributed by atoms with Gasteiger partial charge in [0.15, 0.2) is 0 Å². The summed E-state index contributed by atoms with van der Waals surface area (Å²) >= 11 is 1.88. The third-order valence-electron chi connectivity index (χ3n) is 10.4. The molecule has 3 heterocycles. The number of hydrogen-bond donors (Lipinski definition) is 8. The zero-order chi connectivity index (χ0) is 39.6. The van der Waals surface area contributed by atoms with Gasteiger partial charge in [-0.05, 0) is 49.8 Å². The van der Waals surface area contributed by atoms with Crippen LogP contribution in [0.1, 0.15) is 56.9 Å². The van der Waals surface area contributed by atoms with Crippen molar-refractivity contribution in [1.29, 1.82) is 0 Å². The molecule has 4 atom stereocenters. The number of rotatable bonds is 20. The van der Waals surface area contributed by atoms with E-state index < -0.39 is 11.9 Å². The van der Waals surface area contributed by atoms with E-state index in [0.717, 1.165) is 43.4 Å². The van der Waals surface area contributed by atoms with Gasteiger partial charge >= 0.3 is 18.0 Å². The average Bonchev–Trinajstić information content (AvgIpc) is 3.70. The Hall–Kier alpha value is -3.52. The summed E-state index contributed by atoms with van der Waals surface area (Å²) in [5, 5.41) is 51.4. The molecule has 3 fully saturated rings. The number of aliphatic hydroxyl groups excluding tert-OH is 2. The molecule has 8 N–H and O–H groups in total. The number of carbonyl (C=O) groups is 5. The van der Waals surface area contributed by atoms with Gasteiger partial charge in [-0.2, -0.15) is 11.8 Å². The Kier molecular flexibility index (Phi) is 18.9. The maximum absolute atomic E-state index is 12.7. The highest BCUT2D eigenvalue weighted by Gasteiger charge is 2.42. The van der Waals surface area contributed by atoms with Crippen LogP contribution in [0, 0.1) is 0 Å². The number of fused-ring (bicyclic) bond motifs is 1. The summed E-state index contributed by atoms with van der Waals surface area (Å²) in [7, 11) is 0. The van der Waals surface area contributed by atoms with Crippen molar-refractivity contribution in [1.82, 2.24) is 35.6 Å². The fourth-order valence-electron chi connectivity index (χ4n) is 7.34. The Balaban J connectivity index is 1.18. The van der Waals surface area contributed by atoms with Gasteiger partial charge < -0.3 is 41.7 Å². The van der Waals surface area contributed by atoms with Crippen molar-refractivity contribution in [3.05, 3.63) is 29.8 Å². The number of nitrogens with zero attached hydrogens (tertiary/aromatic N) is 4. The Morgan fingerprint density at radius 1 is 0.764 bits per heavy atom. The molecule has 1 aromatic rings. The molecule has 0 aromatic heterocycles. The molecule has 55 heavy (non-hydrogen) atoms. The summed E-state index contributed by atoms with van der Waals surface area (Å²) in [5.74, 6) is -1.15. The van der Waals surface area contributed by atoms with Gasteiger partial charge in [0.1, 0.15) is 0 Å². The third kappa shape index (κ3) is 15.9. The van der Waals surface area contributed by atoms with E-state index >= 15 is 0 Å². The van der Waals surface area contributed by atoms with Crippen LogP contribution >= 0.6 is 11.8 Å². The molecule has 4 amide bonds. The predicted octanol–water partition coefficient (Wildman–Crippen LogP) is 0.229. The van der Waals surface area contributed by atoms with Gasteiger partial charge in [0.2, 0.25) is 11.8 Å². The van der Waals surface area contributed by atoms with E-state index in [9.17, 15) is 44.4 Å². The van der Waals surface area contributed by atoms with Crippen molar-refractivity contribution in [2.45, 2.75) is 81.2 Å². The molecule has 0 aliphatic carbocycles. The first kappa shape index (κ1) is 44.2. The molecule has 0 radical (unpaired) electrons. The molecule has 18 heteroatoms. The minimum absolute atomic E-state index is 0.0373. The molecule has 3 saturated heterocycles. The highest BCUT2D eigenvalue weighted by molar-refractivity contribution is 8.00. The number of benzene rings is 1. The monoisotopic (exact) mass is 792 g/mol. The number of aliphatic carboxylic acids is 2. The molecule has 0 bridgehead atoms. The number of carbonyl (C=O) groups excluding carboxylic acids is 3. The lowest BCUT2D eigenvalue weighted by molar-refractivity contribution is -0.141. The molecule has 4 rings (SSSR count). The van der Waals surface area contributed by atoms with Crippen LogP contribution in [0.25, 0.3) is 0 Å². The first-order valence-electron chi connectivity index (χ1n) is 19.4. The zero-order valence-corrected chi connectivity index (χ0v) is 32.5. The number of thioether (sulfide) groups is 1. The first-order valence-corrected chi connectivity index (χ1v) is 20.5. The molecule has 3 aliphatic heterocycles.